The predicted molar refractivity (Wildman–Crippen MR) is 70.2 cm³/mol. The van der Waals surface area contributed by atoms with E-state index in [-0.39, 0.29) is 11.4 Å². The van der Waals surface area contributed by atoms with Crippen LogP contribution in [0, 0.1) is 10.1 Å². The van der Waals surface area contributed by atoms with Gasteiger partial charge in [-0.1, -0.05) is 12.1 Å². The van der Waals surface area contributed by atoms with Gasteiger partial charge in [0, 0.05) is 11.6 Å². The zero-order chi connectivity index (χ0) is 13.7. The van der Waals surface area contributed by atoms with Crippen LogP contribution in [0.15, 0.2) is 47.7 Å². The molecule has 0 spiro atoms. The number of para-hydroxylation sites is 1. The van der Waals surface area contributed by atoms with Crippen molar-refractivity contribution in [3.63, 3.8) is 0 Å². The minimum Gasteiger partial charge on any atom is -0.507 e. The van der Waals surface area contributed by atoms with E-state index in [1.165, 1.54) is 18.3 Å². The molecule has 0 saturated carbocycles. The number of phenols is 1. The van der Waals surface area contributed by atoms with Crippen molar-refractivity contribution < 1.29 is 10.0 Å². The highest BCUT2D eigenvalue weighted by atomic mass is 16.6. The molecule has 7 heteroatoms. The number of hydrogen-bond donors (Lipinski definition) is 2. The van der Waals surface area contributed by atoms with E-state index in [9.17, 15) is 15.2 Å². The molecule has 2 N–H and O–H groups in total. The number of aromatic nitrogens is 1. The second kappa shape index (κ2) is 5.58. The minimum absolute atomic E-state index is 0.0877. The van der Waals surface area contributed by atoms with E-state index in [1.807, 2.05) is 0 Å². The summed E-state index contributed by atoms with van der Waals surface area (Å²) in [6.45, 7) is 0. The van der Waals surface area contributed by atoms with Crippen LogP contribution in [-0.4, -0.2) is 21.2 Å². The van der Waals surface area contributed by atoms with E-state index in [2.05, 4.69) is 15.5 Å². The quantitative estimate of drug-likeness (QED) is 0.497. The molecule has 0 saturated heterocycles. The summed E-state index contributed by atoms with van der Waals surface area (Å²) in [5.74, 6) is 0.488. The highest BCUT2D eigenvalue weighted by Crippen LogP contribution is 2.14. The normalized spacial score (nSPS) is 10.5. The van der Waals surface area contributed by atoms with Gasteiger partial charge in [-0.3, -0.25) is 15.5 Å². The fourth-order valence-electron chi connectivity index (χ4n) is 1.32. The van der Waals surface area contributed by atoms with Crippen LogP contribution in [-0.2, 0) is 0 Å². The maximum absolute atomic E-state index is 10.4. The number of phenolic OH excluding ortho intramolecular Hbond substituents is 1. The van der Waals surface area contributed by atoms with Crippen LogP contribution in [0.3, 0.4) is 0 Å². The van der Waals surface area contributed by atoms with Gasteiger partial charge in [0.25, 0.3) is 5.69 Å². The standard InChI is InChI=1S/C12H10N4O3/c17-11-4-2-1-3-9(11)7-14-15-12-6-5-10(8-13-12)16(18)19/h1-8,17H,(H,13,15)/b14-7+. The summed E-state index contributed by atoms with van der Waals surface area (Å²) < 4.78 is 0. The molecule has 19 heavy (non-hydrogen) atoms. The van der Waals surface area contributed by atoms with Crippen LogP contribution in [0.1, 0.15) is 5.56 Å². The molecule has 2 rings (SSSR count). The molecule has 0 aliphatic heterocycles. The third kappa shape index (κ3) is 3.25. The summed E-state index contributed by atoms with van der Waals surface area (Å²) in [7, 11) is 0. The maximum Gasteiger partial charge on any atom is 0.287 e. The molecule has 0 aliphatic rings. The number of anilines is 1. The highest BCUT2D eigenvalue weighted by molar-refractivity contribution is 5.83. The smallest absolute Gasteiger partial charge is 0.287 e. The Morgan fingerprint density at radius 2 is 2.11 bits per heavy atom. The van der Waals surface area contributed by atoms with Crippen LogP contribution < -0.4 is 5.43 Å². The highest BCUT2D eigenvalue weighted by Gasteiger charge is 2.04. The van der Waals surface area contributed by atoms with Gasteiger partial charge in [-0.2, -0.15) is 5.10 Å². The van der Waals surface area contributed by atoms with Crippen molar-refractivity contribution in [1.82, 2.24) is 4.98 Å². The van der Waals surface area contributed by atoms with Gasteiger partial charge in [0.2, 0.25) is 0 Å². The van der Waals surface area contributed by atoms with Gasteiger partial charge in [0.15, 0.2) is 0 Å². The van der Waals surface area contributed by atoms with Crippen molar-refractivity contribution in [2.75, 3.05) is 5.43 Å². The van der Waals surface area contributed by atoms with Crippen molar-refractivity contribution >= 4 is 17.7 Å². The largest absolute Gasteiger partial charge is 0.507 e. The molecule has 0 amide bonds. The number of hydrogen-bond acceptors (Lipinski definition) is 6. The molecule has 2 aromatic rings. The second-order valence-corrected chi connectivity index (χ2v) is 3.59. The van der Waals surface area contributed by atoms with E-state index in [0.717, 1.165) is 6.20 Å². The van der Waals surface area contributed by atoms with Crippen molar-refractivity contribution in [3.05, 3.63) is 58.3 Å². The Kier molecular flexibility index (Phi) is 3.67. The Labute approximate surface area is 108 Å². The molecule has 96 valence electrons. The summed E-state index contributed by atoms with van der Waals surface area (Å²) in [5.41, 5.74) is 3.08. The lowest BCUT2D eigenvalue weighted by Gasteiger charge is -1.99. The SMILES string of the molecule is O=[N+]([O-])c1ccc(N/N=C/c2ccccc2O)nc1. The van der Waals surface area contributed by atoms with Crippen molar-refractivity contribution in [2.45, 2.75) is 0 Å². The van der Waals surface area contributed by atoms with E-state index in [4.69, 9.17) is 0 Å². The number of benzene rings is 1. The van der Waals surface area contributed by atoms with Gasteiger partial charge in [-0.25, -0.2) is 4.98 Å². The van der Waals surface area contributed by atoms with Crippen molar-refractivity contribution in [1.29, 1.82) is 0 Å². The Balaban J connectivity index is 2.03. The first-order valence-electron chi connectivity index (χ1n) is 5.34. The zero-order valence-corrected chi connectivity index (χ0v) is 9.72. The molecule has 0 aliphatic carbocycles. The number of nitrogens with zero attached hydrogens (tertiary/aromatic N) is 3. The van der Waals surface area contributed by atoms with Gasteiger partial charge in [-0.05, 0) is 18.2 Å². The average molecular weight is 258 g/mol. The molecule has 0 radical (unpaired) electrons. The number of nitro groups is 1. The monoisotopic (exact) mass is 258 g/mol. The third-order valence-corrected chi connectivity index (χ3v) is 2.28. The summed E-state index contributed by atoms with van der Waals surface area (Å²) in [4.78, 5) is 13.7. The summed E-state index contributed by atoms with van der Waals surface area (Å²) in [6, 6.07) is 9.49. The topological polar surface area (TPSA) is 101 Å². The Bertz CT molecular complexity index is 611. The lowest BCUT2D eigenvalue weighted by molar-refractivity contribution is -0.385. The Morgan fingerprint density at radius 3 is 2.74 bits per heavy atom. The van der Waals surface area contributed by atoms with Crippen LogP contribution in [0.25, 0.3) is 0 Å². The third-order valence-electron chi connectivity index (χ3n) is 2.28. The molecule has 0 fully saturated rings. The van der Waals surface area contributed by atoms with Gasteiger partial charge in [0.05, 0.1) is 11.1 Å². The molecule has 1 aromatic heterocycles. The van der Waals surface area contributed by atoms with Crippen LogP contribution in [0.5, 0.6) is 5.75 Å². The van der Waals surface area contributed by atoms with Crippen LogP contribution in [0.2, 0.25) is 0 Å². The molecule has 0 unspecified atom stereocenters. The maximum atomic E-state index is 10.4. The number of rotatable bonds is 4. The minimum atomic E-state index is -0.526. The summed E-state index contributed by atoms with van der Waals surface area (Å²) >= 11 is 0. The first kappa shape index (κ1) is 12.5. The van der Waals surface area contributed by atoms with Gasteiger partial charge >= 0.3 is 0 Å². The molecular formula is C12H10N4O3. The van der Waals surface area contributed by atoms with Gasteiger partial charge in [0.1, 0.15) is 17.8 Å². The molecule has 0 atom stereocenters. The van der Waals surface area contributed by atoms with Crippen molar-refractivity contribution in [2.24, 2.45) is 5.10 Å². The lowest BCUT2D eigenvalue weighted by Crippen LogP contribution is -1.95. The molecule has 7 nitrogen and oxygen atoms in total. The van der Waals surface area contributed by atoms with E-state index in [0.29, 0.717) is 11.4 Å². The van der Waals surface area contributed by atoms with Crippen LogP contribution in [0.4, 0.5) is 11.5 Å². The number of hydrazone groups is 1. The number of nitrogens with one attached hydrogen (secondary N) is 1. The predicted octanol–water partition coefficient (Wildman–Crippen LogP) is 2.14. The van der Waals surface area contributed by atoms with Crippen LogP contribution >= 0.6 is 0 Å². The lowest BCUT2D eigenvalue weighted by atomic mass is 10.2. The average Bonchev–Trinajstić information content (AvgIpc) is 2.41. The van der Waals surface area contributed by atoms with E-state index in [1.54, 1.807) is 24.3 Å². The summed E-state index contributed by atoms with van der Waals surface area (Å²) in [6.07, 6.45) is 2.57. The molecule has 0 bridgehead atoms. The number of aromatic hydroxyl groups is 1. The Hall–Kier alpha value is -2.96. The zero-order valence-electron chi connectivity index (χ0n) is 9.72. The first-order valence-corrected chi connectivity index (χ1v) is 5.34. The molecule has 1 aromatic carbocycles. The van der Waals surface area contributed by atoms with E-state index < -0.39 is 4.92 Å². The van der Waals surface area contributed by atoms with E-state index >= 15 is 0 Å². The second-order valence-electron chi connectivity index (χ2n) is 3.59. The Morgan fingerprint density at radius 1 is 1.32 bits per heavy atom. The molecular weight excluding hydrogens is 248 g/mol. The van der Waals surface area contributed by atoms with Gasteiger partial charge in [-0.15, -0.1) is 0 Å². The fraction of sp³-hybridized carbons (Fsp3) is 0. The fourth-order valence-corrected chi connectivity index (χ4v) is 1.32. The number of pyridine rings is 1. The van der Waals surface area contributed by atoms with Crippen molar-refractivity contribution in [3.8, 4) is 5.75 Å². The first-order chi connectivity index (χ1) is 9.16. The summed E-state index contributed by atoms with van der Waals surface area (Å²) in [5, 5.41) is 23.8. The van der Waals surface area contributed by atoms with Gasteiger partial charge < -0.3 is 5.11 Å². The molecule has 1 heterocycles.